The molecule has 2 heterocycles. The molecule has 1 N–H and O–H groups in total. The number of hydrogen-bond acceptors (Lipinski definition) is 4. The van der Waals surface area contributed by atoms with Crippen molar-refractivity contribution in [2.24, 2.45) is 0 Å². The first-order chi connectivity index (χ1) is 12.1. The smallest absolute Gasteiger partial charge is 0.251 e. The minimum atomic E-state index is -0.786. The number of nitrogens with one attached hydrogen (secondary N) is 1. The van der Waals surface area contributed by atoms with Crippen LogP contribution in [0.3, 0.4) is 0 Å². The second-order valence-electron chi connectivity index (χ2n) is 5.81. The van der Waals surface area contributed by atoms with E-state index >= 15 is 0 Å². The molecule has 1 aliphatic heterocycles. The van der Waals surface area contributed by atoms with Gasteiger partial charge >= 0.3 is 0 Å². The Balaban J connectivity index is 1.78. The quantitative estimate of drug-likeness (QED) is 0.905. The van der Waals surface area contributed by atoms with E-state index in [0.29, 0.717) is 11.6 Å². The molecule has 2 aromatic rings. The maximum Gasteiger partial charge on any atom is 0.251 e. The number of hydrogen-bond donors (Lipinski definition) is 1. The molecule has 0 spiro atoms. The van der Waals surface area contributed by atoms with Gasteiger partial charge < -0.3 is 15.0 Å². The van der Waals surface area contributed by atoms with Crippen molar-refractivity contribution in [1.29, 1.82) is 0 Å². The largest absolute Gasteiger partial charge is 0.356 e. The number of benzene rings is 1. The van der Waals surface area contributed by atoms with Gasteiger partial charge in [0.1, 0.15) is 6.61 Å². The number of amides is 2. The van der Waals surface area contributed by atoms with Gasteiger partial charge in [0.25, 0.3) is 5.91 Å². The third kappa shape index (κ3) is 3.97. The Morgan fingerprint density at radius 3 is 2.64 bits per heavy atom. The van der Waals surface area contributed by atoms with Crippen LogP contribution >= 0.6 is 11.6 Å². The molecule has 6 nitrogen and oxygen atoms in total. The average Bonchev–Trinajstić information content (AvgIpc) is 2.63. The highest BCUT2D eigenvalue weighted by atomic mass is 35.5. The lowest BCUT2D eigenvalue weighted by molar-refractivity contribution is -0.162. The molecule has 0 aliphatic carbocycles. The molecule has 1 aliphatic rings. The standard InChI is InChI=1S/C18H18ClN3O3/c1-22-15(23)11-25-17(16(22)13-2-4-14(19)5-3-13)18(24)21-10-12-6-8-20-9-7-12/h2-9,16-17H,10-11H2,1H3,(H,21,24). The number of aromatic nitrogens is 1. The number of ether oxygens (including phenoxy) is 1. The highest BCUT2D eigenvalue weighted by molar-refractivity contribution is 6.30. The van der Waals surface area contributed by atoms with E-state index in [0.717, 1.165) is 11.1 Å². The van der Waals surface area contributed by atoms with Crippen LogP contribution < -0.4 is 5.32 Å². The summed E-state index contributed by atoms with van der Waals surface area (Å²) < 4.78 is 5.56. The van der Waals surface area contributed by atoms with Crippen LogP contribution in [0.2, 0.25) is 5.02 Å². The molecule has 25 heavy (non-hydrogen) atoms. The molecule has 7 heteroatoms. The summed E-state index contributed by atoms with van der Waals surface area (Å²) >= 11 is 5.94. The van der Waals surface area contributed by atoms with Crippen molar-refractivity contribution >= 4 is 23.4 Å². The number of carbonyl (C=O) groups is 2. The molecule has 1 aromatic heterocycles. The highest BCUT2D eigenvalue weighted by Gasteiger charge is 2.39. The monoisotopic (exact) mass is 359 g/mol. The summed E-state index contributed by atoms with van der Waals surface area (Å²) in [4.78, 5) is 30.2. The van der Waals surface area contributed by atoms with E-state index in [9.17, 15) is 9.59 Å². The Hall–Kier alpha value is -2.44. The predicted molar refractivity (Wildman–Crippen MR) is 92.8 cm³/mol. The Labute approximate surface area is 150 Å². The highest BCUT2D eigenvalue weighted by Crippen LogP contribution is 2.30. The number of morpholine rings is 1. The van der Waals surface area contributed by atoms with Gasteiger partial charge in [0, 0.05) is 31.0 Å². The Kier molecular flexibility index (Phi) is 5.31. The second-order valence-corrected chi connectivity index (χ2v) is 6.24. The first-order valence-corrected chi connectivity index (χ1v) is 8.23. The first kappa shape index (κ1) is 17.4. The van der Waals surface area contributed by atoms with Gasteiger partial charge in [0.2, 0.25) is 5.91 Å². The maximum absolute atomic E-state index is 12.7. The summed E-state index contributed by atoms with van der Waals surface area (Å²) in [5.74, 6) is -0.436. The van der Waals surface area contributed by atoms with Crippen molar-refractivity contribution in [2.75, 3.05) is 13.7 Å². The molecule has 1 saturated heterocycles. The summed E-state index contributed by atoms with van der Waals surface area (Å²) in [6, 6.07) is 10.2. The third-order valence-electron chi connectivity index (χ3n) is 4.17. The van der Waals surface area contributed by atoms with E-state index in [1.165, 1.54) is 0 Å². The van der Waals surface area contributed by atoms with E-state index in [2.05, 4.69) is 10.3 Å². The molecule has 2 atom stereocenters. The fourth-order valence-corrected chi connectivity index (χ4v) is 2.91. The van der Waals surface area contributed by atoms with Crippen molar-refractivity contribution in [2.45, 2.75) is 18.7 Å². The molecular weight excluding hydrogens is 342 g/mol. The van der Waals surface area contributed by atoms with Crippen LogP contribution in [0, 0.1) is 0 Å². The molecule has 2 amide bonds. The Morgan fingerprint density at radius 2 is 1.96 bits per heavy atom. The van der Waals surface area contributed by atoms with Gasteiger partial charge in [-0.3, -0.25) is 14.6 Å². The van der Waals surface area contributed by atoms with Crippen LogP contribution in [-0.4, -0.2) is 41.5 Å². The lowest BCUT2D eigenvalue weighted by Crippen LogP contribution is -2.52. The van der Waals surface area contributed by atoms with Crippen LogP contribution in [0.1, 0.15) is 17.2 Å². The minimum absolute atomic E-state index is 0.117. The number of nitrogens with zero attached hydrogens (tertiary/aromatic N) is 2. The van der Waals surface area contributed by atoms with Gasteiger partial charge in [-0.05, 0) is 35.4 Å². The van der Waals surface area contributed by atoms with E-state index in [1.807, 2.05) is 12.1 Å². The van der Waals surface area contributed by atoms with Gasteiger partial charge in [-0.2, -0.15) is 0 Å². The molecule has 1 aromatic carbocycles. The van der Waals surface area contributed by atoms with E-state index in [4.69, 9.17) is 16.3 Å². The Bertz CT molecular complexity index is 752. The van der Waals surface area contributed by atoms with Crippen LogP contribution in [0.25, 0.3) is 0 Å². The fraction of sp³-hybridized carbons (Fsp3) is 0.278. The van der Waals surface area contributed by atoms with Crippen molar-refractivity contribution in [3.8, 4) is 0 Å². The normalized spacial score (nSPS) is 20.4. The topological polar surface area (TPSA) is 71.5 Å². The summed E-state index contributed by atoms with van der Waals surface area (Å²) in [5, 5.41) is 3.45. The van der Waals surface area contributed by atoms with Crippen molar-refractivity contribution in [3.05, 3.63) is 64.9 Å². The van der Waals surface area contributed by atoms with E-state index in [1.54, 1.807) is 48.6 Å². The molecular formula is C18H18ClN3O3. The fourth-order valence-electron chi connectivity index (χ4n) is 2.78. The minimum Gasteiger partial charge on any atom is -0.356 e. The lowest BCUT2D eigenvalue weighted by Gasteiger charge is -2.38. The molecule has 2 unspecified atom stereocenters. The summed E-state index contributed by atoms with van der Waals surface area (Å²) in [6.07, 6.45) is 2.55. The van der Waals surface area contributed by atoms with Crippen LogP contribution in [-0.2, 0) is 20.9 Å². The molecule has 1 fully saturated rings. The molecule has 130 valence electrons. The third-order valence-corrected chi connectivity index (χ3v) is 4.42. The van der Waals surface area contributed by atoms with Gasteiger partial charge in [-0.25, -0.2) is 0 Å². The maximum atomic E-state index is 12.7. The van der Waals surface area contributed by atoms with Gasteiger partial charge in [-0.15, -0.1) is 0 Å². The molecule has 0 radical (unpaired) electrons. The van der Waals surface area contributed by atoms with Gasteiger partial charge in [-0.1, -0.05) is 23.7 Å². The SMILES string of the molecule is CN1C(=O)COC(C(=O)NCc2ccncc2)C1c1ccc(Cl)cc1. The number of likely N-dealkylation sites (N-methyl/N-ethyl adjacent to an activating group) is 1. The zero-order valence-electron chi connectivity index (χ0n) is 13.7. The van der Waals surface area contributed by atoms with Crippen LogP contribution in [0.15, 0.2) is 48.8 Å². The first-order valence-electron chi connectivity index (χ1n) is 7.85. The van der Waals surface area contributed by atoms with Crippen LogP contribution in [0.4, 0.5) is 0 Å². The molecule has 3 rings (SSSR count). The number of pyridine rings is 1. The summed E-state index contributed by atoms with van der Waals surface area (Å²) in [5.41, 5.74) is 1.73. The van der Waals surface area contributed by atoms with Crippen molar-refractivity contribution in [1.82, 2.24) is 15.2 Å². The summed E-state index contributed by atoms with van der Waals surface area (Å²) in [6.45, 7) is 0.250. The second kappa shape index (κ2) is 7.63. The van der Waals surface area contributed by atoms with Gasteiger partial charge in [0.15, 0.2) is 6.10 Å². The van der Waals surface area contributed by atoms with Crippen LogP contribution in [0.5, 0.6) is 0 Å². The van der Waals surface area contributed by atoms with Crippen molar-refractivity contribution in [3.63, 3.8) is 0 Å². The lowest BCUT2D eigenvalue weighted by atomic mass is 9.97. The van der Waals surface area contributed by atoms with E-state index < -0.39 is 12.1 Å². The average molecular weight is 360 g/mol. The number of halogens is 1. The zero-order chi connectivity index (χ0) is 17.8. The predicted octanol–water partition coefficient (Wildman–Crippen LogP) is 1.95. The van der Waals surface area contributed by atoms with E-state index in [-0.39, 0.29) is 18.4 Å². The van der Waals surface area contributed by atoms with Gasteiger partial charge in [0.05, 0.1) is 6.04 Å². The Morgan fingerprint density at radius 1 is 1.28 bits per heavy atom. The molecule has 0 saturated carbocycles. The molecule has 0 bridgehead atoms. The zero-order valence-corrected chi connectivity index (χ0v) is 14.4. The summed E-state index contributed by atoms with van der Waals surface area (Å²) in [7, 11) is 1.67. The number of carbonyl (C=O) groups excluding carboxylic acids is 2. The van der Waals surface area contributed by atoms with Crippen molar-refractivity contribution < 1.29 is 14.3 Å². The number of rotatable bonds is 4.